The number of nitrogens with zero attached hydrogens (tertiary/aromatic N) is 4. The summed E-state index contributed by atoms with van der Waals surface area (Å²) >= 11 is 3.67. The lowest BCUT2D eigenvalue weighted by Gasteiger charge is -2.31. The molecule has 2 fully saturated rings. The third-order valence-corrected chi connectivity index (χ3v) is 9.83. The van der Waals surface area contributed by atoms with Crippen molar-refractivity contribution in [1.82, 2.24) is 15.0 Å². The topological polar surface area (TPSA) is 84.4 Å². The number of morpholine rings is 1. The molecule has 2 N–H and O–H groups in total. The van der Waals surface area contributed by atoms with Crippen LogP contribution in [0.25, 0.3) is 10.9 Å². The standard InChI is InChI=1S/C32H38BrN6O2P/c1-19(2)22-16-28(39-12-14-41-15-13-39)29(40-3)17-27(22)37-32-34-18-23(33)31(38-32)36-26-11-10-25-21(30(26)42(4)5)8-9-24(35-25)20-6-7-20/h8-11,16-20H,6-7,12-15H2,1-5H3,(H2,34,36,37,38). The van der Waals surface area contributed by atoms with Crippen LogP contribution in [-0.2, 0) is 4.74 Å². The zero-order valence-electron chi connectivity index (χ0n) is 24.9. The van der Waals surface area contributed by atoms with E-state index in [9.17, 15) is 0 Å². The Bertz CT molecular complexity index is 1600. The highest BCUT2D eigenvalue weighted by Crippen LogP contribution is 2.41. The number of hydrogen-bond donors (Lipinski definition) is 2. The summed E-state index contributed by atoms with van der Waals surface area (Å²) in [5.41, 5.74) is 6.53. The quantitative estimate of drug-likeness (QED) is 0.181. The van der Waals surface area contributed by atoms with Crippen molar-refractivity contribution in [2.75, 3.05) is 62.3 Å². The molecule has 4 aromatic rings. The average molecular weight is 650 g/mol. The van der Waals surface area contributed by atoms with Gasteiger partial charge >= 0.3 is 0 Å². The first-order valence-corrected chi connectivity index (χ1v) is 17.6. The molecule has 3 heterocycles. The molecule has 0 atom stereocenters. The molecule has 0 unspecified atom stereocenters. The van der Waals surface area contributed by atoms with E-state index in [0.717, 1.165) is 59.1 Å². The van der Waals surface area contributed by atoms with Gasteiger partial charge in [-0.05, 0) is 77.8 Å². The van der Waals surface area contributed by atoms with Gasteiger partial charge in [0.25, 0.3) is 0 Å². The predicted molar refractivity (Wildman–Crippen MR) is 179 cm³/mol. The molecule has 1 aliphatic carbocycles. The fraction of sp³-hybridized carbons (Fsp3) is 0.406. The van der Waals surface area contributed by atoms with Crippen molar-refractivity contribution >= 4 is 68.9 Å². The molecular weight excluding hydrogens is 611 g/mol. The lowest BCUT2D eigenvalue weighted by Crippen LogP contribution is -2.36. The minimum Gasteiger partial charge on any atom is -0.495 e. The van der Waals surface area contributed by atoms with Gasteiger partial charge in [-0.1, -0.05) is 27.8 Å². The summed E-state index contributed by atoms with van der Waals surface area (Å²) in [6.07, 6.45) is 4.29. The Morgan fingerprint density at radius 3 is 2.50 bits per heavy atom. The second kappa shape index (κ2) is 12.3. The van der Waals surface area contributed by atoms with E-state index in [1.807, 2.05) is 0 Å². The molecule has 1 aliphatic heterocycles. The van der Waals surface area contributed by atoms with E-state index < -0.39 is 7.92 Å². The van der Waals surface area contributed by atoms with E-state index in [1.54, 1.807) is 13.3 Å². The summed E-state index contributed by atoms with van der Waals surface area (Å²) in [4.78, 5) is 16.8. The number of fused-ring (bicyclic) bond motifs is 1. The van der Waals surface area contributed by atoms with Crippen molar-refractivity contribution < 1.29 is 9.47 Å². The van der Waals surface area contributed by atoms with Gasteiger partial charge in [0.2, 0.25) is 5.95 Å². The van der Waals surface area contributed by atoms with Gasteiger partial charge in [0, 0.05) is 59.0 Å². The zero-order valence-corrected chi connectivity index (χ0v) is 27.3. The number of rotatable bonds is 9. The van der Waals surface area contributed by atoms with E-state index in [2.05, 4.69) is 100 Å². The SMILES string of the molecule is COc1cc(Nc2ncc(Br)c(Nc3ccc4nc(C5CC5)ccc4c3P(C)C)n2)c(C(C)C)cc1N1CCOCC1. The Kier molecular flexibility index (Phi) is 8.53. The number of halogens is 1. The summed E-state index contributed by atoms with van der Waals surface area (Å²) in [5.74, 6) is 2.95. The highest BCUT2D eigenvalue weighted by atomic mass is 79.9. The number of ether oxygens (including phenoxy) is 2. The number of benzene rings is 2. The van der Waals surface area contributed by atoms with E-state index in [0.29, 0.717) is 17.7 Å². The highest BCUT2D eigenvalue weighted by molar-refractivity contribution is 9.10. The van der Waals surface area contributed by atoms with Crippen molar-refractivity contribution in [2.45, 2.75) is 38.5 Å². The van der Waals surface area contributed by atoms with Crippen LogP contribution in [0.1, 0.15) is 49.8 Å². The molecule has 42 heavy (non-hydrogen) atoms. The van der Waals surface area contributed by atoms with Gasteiger partial charge in [-0.2, -0.15) is 4.98 Å². The third kappa shape index (κ3) is 6.05. The molecule has 10 heteroatoms. The van der Waals surface area contributed by atoms with Gasteiger partial charge < -0.3 is 25.0 Å². The number of anilines is 5. The lowest BCUT2D eigenvalue weighted by molar-refractivity contribution is 0.122. The average Bonchev–Trinajstić information content (AvgIpc) is 3.84. The van der Waals surface area contributed by atoms with Crippen LogP contribution >= 0.6 is 23.9 Å². The minimum absolute atomic E-state index is 0.286. The van der Waals surface area contributed by atoms with Crippen LogP contribution in [0.2, 0.25) is 0 Å². The summed E-state index contributed by atoms with van der Waals surface area (Å²) in [7, 11) is 1.31. The van der Waals surface area contributed by atoms with Crippen molar-refractivity contribution in [3.63, 3.8) is 0 Å². The molecule has 0 amide bonds. The third-order valence-electron chi connectivity index (χ3n) is 7.88. The molecule has 1 saturated heterocycles. The van der Waals surface area contributed by atoms with Crippen molar-refractivity contribution in [1.29, 1.82) is 0 Å². The molecule has 1 saturated carbocycles. The van der Waals surface area contributed by atoms with Gasteiger partial charge in [0.05, 0.1) is 36.0 Å². The maximum absolute atomic E-state index is 5.84. The van der Waals surface area contributed by atoms with Gasteiger partial charge in [0.15, 0.2) is 0 Å². The number of nitrogens with one attached hydrogen (secondary N) is 2. The highest BCUT2D eigenvalue weighted by Gasteiger charge is 2.26. The number of aromatic nitrogens is 3. The monoisotopic (exact) mass is 648 g/mol. The van der Waals surface area contributed by atoms with Gasteiger partial charge in [-0.3, -0.25) is 4.98 Å². The first kappa shape index (κ1) is 29.1. The second-order valence-electron chi connectivity index (χ2n) is 11.4. The Hall–Kier alpha value is -3.00. The fourth-order valence-corrected chi connectivity index (χ4v) is 7.12. The predicted octanol–water partition coefficient (Wildman–Crippen LogP) is 7.49. The maximum atomic E-state index is 5.84. The largest absolute Gasteiger partial charge is 0.495 e. The van der Waals surface area contributed by atoms with Gasteiger partial charge in [-0.25, -0.2) is 4.98 Å². The normalized spacial score (nSPS) is 15.5. The van der Waals surface area contributed by atoms with Crippen LogP contribution in [0.4, 0.5) is 28.8 Å². The van der Waals surface area contributed by atoms with Gasteiger partial charge in [0.1, 0.15) is 11.6 Å². The molecule has 6 rings (SSSR count). The van der Waals surface area contributed by atoms with E-state index in [-0.39, 0.29) is 5.92 Å². The summed E-state index contributed by atoms with van der Waals surface area (Å²) < 4.78 is 12.2. The molecule has 220 valence electrons. The van der Waals surface area contributed by atoms with Crippen LogP contribution < -0.4 is 25.6 Å². The smallest absolute Gasteiger partial charge is 0.229 e. The first-order valence-electron chi connectivity index (χ1n) is 14.5. The molecule has 8 nitrogen and oxygen atoms in total. The number of hydrogen-bond acceptors (Lipinski definition) is 8. The Morgan fingerprint density at radius 1 is 1.02 bits per heavy atom. The van der Waals surface area contributed by atoms with E-state index in [1.165, 1.54) is 34.8 Å². The van der Waals surface area contributed by atoms with Crippen LogP contribution in [-0.4, -0.2) is 61.7 Å². The second-order valence-corrected chi connectivity index (χ2v) is 14.5. The molecule has 2 aromatic heterocycles. The molecule has 0 radical (unpaired) electrons. The summed E-state index contributed by atoms with van der Waals surface area (Å²) in [6, 6.07) is 13.0. The number of pyridine rings is 1. The lowest BCUT2D eigenvalue weighted by atomic mass is 9.99. The van der Waals surface area contributed by atoms with Gasteiger partial charge in [-0.15, -0.1) is 0 Å². The van der Waals surface area contributed by atoms with Crippen LogP contribution in [0.5, 0.6) is 5.75 Å². The van der Waals surface area contributed by atoms with Crippen molar-refractivity contribution in [2.24, 2.45) is 0 Å². The van der Waals surface area contributed by atoms with Crippen LogP contribution in [0, 0.1) is 0 Å². The molecule has 2 aromatic carbocycles. The van der Waals surface area contributed by atoms with E-state index in [4.69, 9.17) is 19.4 Å². The fourth-order valence-electron chi connectivity index (χ4n) is 5.54. The molecular formula is C32H38BrN6O2P. The minimum atomic E-state index is -0.408. The van der Waals surface area contributed by atoms with Crippen molar-refractivity contribution in [3.8, 4) is 5.75 Å². The number of methoxy groups -OCH3 is 1. The Morgan fingerprint density at radius 2 is 1.81 bits per heavy atom. The van der Waals surface area contributed by atoms with Crippen LogP contribution in [0.15, 0.2) is 47.1 Å². The Labute approximate surface area is 257 Å². The summed E-state index contributed by atoms with van der Waals surface area (Å²) in [5, 5.41) is 9.60. The summed E-state index contributed by atoms with van der Waals surface area (Å²) in [6.45, 7) is 12.1. The van der Waals surface area contributed by atoms with Crippen LogP contribution in [0.3, 0.4) is 0 Å². The Balaban J connectivity index is 1.32. The zero-order chi connectivity index (χ0) is 29.4. The van der Waals surface area contributed by atoms with E-state index >= 15 is 0 Å². The molecule has 0 spiro atoms. The molecule has 2 aliphatic rings. The maximum Gasteiger partial charge on any atom is 0.229 e. The molecule has 0 bridgehead atoms. The first-order chi connectivity index (χ1) is 20.3. The van der Waals surface area contributed by atoms with Crippen molar-refractivity contribution in [3.05, 3.63) is 58.3 Å².